The first-order valence-electron chi connectivity index (χ1n) is 12.1. The molecule has 10 heteroatoms. The first-order chi connectivity index (χ1) is 17.2. The number of fused-ring (bicyclic) bond motifs is 3. The van der Waals surface area contributed by atoms with Crippen LogP contribution in [0.4, 0.5) is 8.78 Å². The third-order valence-electron chi connectivity index (χ3n) is 6.51. The molecular weight excluding hydrogens is 466 g/mol. The molecule has 8 nitrogen and oxygen atoms in total. The number of ether oxygens (including phenoxy) is 1. The largest absolute Gasteiger partial charge is 0.478 e. The van der Waals surface area contributed by atoms with E-state index in [1.54, 1.807) is 36.8 Å². The van der Waals surface area contributed by atoms with E-state index in [0.717, 1.165) is 19.5 Å². The van der Waals surface area contributed by atoms with E-state index in [-0.39, 0.29) is 11.7 Å². The maximum atomic E-state index is 15.0. The lowest BCUT2D eigenvalue weighted by atomic mass is 10.0. The number of aryl methyl sites for hydroxylation is 1. The molecule has 1 aliphatic rings. The Morgan fingerprint density at radius 1 is 1.33 bits per heavy atom. The van der Waals surface area contributed by atoms with Gasteiger partial charge in [-0.1, -0.05) is 6.08 Å². The van der Waals surface area contributed by atoms with Crippen molar-refractivity contribution in [2.24, 2.45) is 12.0 Å². The summed E-state index contributed by atoms with van der Waals surface area (Å²) in [5.74, 6) is -0.121. The monoisotopic (exact) mass is 498 g/mol. The smallest absolute Gasteiger partial charge is 0.330 e. The number of alkyl halides is 1. The van der Waals surface area contributed by atoms with Crippen molar-refractivity contribution in [3.05, 3.63) is 52.0 Å². The van der Waals surface area contributed by atoms with Crippen LogP contribution in [0.25, 0.3) is 27.6 Å². The topological polar surface area (TPSA) is 77.5 Å². The summed E-state index contributed by atoms with van der Waals surface area (Å²) >= 11 is 0. The fraction of sp³-hybridized carbons (Fsp3) is 0.462. The summed E-state index contributed by atoms with van der Waals surface area (Å²) in [6.45, 7) is 11.6. The highest BCUT2D eigenvalue weighted by Crippen LogP contribution is 2.29. The van der Waals surface area contributed by atoms with Crippen LogP contribution in [-0.2, 0) is 11.8 Å². The molecule has 3 heterocycles. The summed E-state index contributed by atoms with van der Waals surface area (Å²) < 4.78 is 37.1. The van der Waals surface area contributed by atoms with Gasteiger partial charge < -0.3 is 9.64 Å². The van der Waals surface area contributed by atoms with Crippen LogP contribution in [0, 0.1) is 5.82 Å². The summed E-state index contributed by atoms with van der Waals surface area (Å²) in [6, 6.07) is 2.93. The summed E-state index contributed by atoms with van der Waals surface area (Å²) in [5.41, 5.74) is 2.27. The Morgan fingerprint density at radius 3 is 2.78 bits per heavy atom. The first kappa shape index (κ1) is 25.7. The average Bonchev–Trinajstić information content (AvgIpc) is 3.38. The zero-order chi connectivity index (χ0) is 26.0. The van der Waals surface area contributed by atoms with Gasteiger partial charge in [0.1, 0.15) is 17.5 Å². The maximum Gasteiger partial charge on any atom is 0.330 e. The minimum absolute atomic E-state index is 0.107. The third kappa shape index (κ3) is 5.09. The van der Waals surface area contributed by atoms with Crippen LogP contribution in [0.2, 0.25) is 0 Å². The van der Waals surface area contributed by atoms with Crippen molar-refractivity contribution in [1.82, 2.24) is 24.2 Å². The fourth-order valence-electron chi connectivity index (χ4n) is 4.58. The van der Waals surface area contributed by atoms with Gasteiger partial charge in [0.15, 0.2) is 5.65 Å². The van der Waals surface area contributed by atoms with E-state index in [0.29, 0.717) is 58.7 Å². The van der Waals surface area contributed by atoms with Gasteiger partial charge in [-0.3, -0.25) is 9.13 Å². The third-order valence-corrected chi connectivity index (χ3v) is 6.51. The molecule has 2 aromatic heterocycles. The molecule has 3 aromatic rings. The fourth-order valence-corrected chi connectivity index (χ4v) is 4.58. The van der Waals surface area contributed by atoms with Crippen LogP contribution < -0.4 is 5.69 Å². The number of hydrogen-bond acceptors (Lipinski definition) is 6. The van der Waals surface area contributed by atoms with Crippen molar-refractivity contribution in [1.29, 1.82) is 0 Å². The molecule has 0 unspecified atom stereocenters. The summed E-state index contributed by atoms with van der Waals surface area (Å²) in [4.78, 5) is 18.8. The minimum Gasteiger partial charge on any atom is -0.478 e. The van der Waals surface area contributed by atoms with Crippen LogP contribution in [0.3, 0.4) is 0 Å². The standard InChI is InChI=1S/C26H32F2N6O2/c1-16(2)34-24-20-13-19(21(28)14-22(20)30-31-25(24)32(5)26(34)35)17(3)7-8-23(29-4)36-12-6-10-33-11-9-18(27)15-33/h7-8,13-14,16,18H,4,6,9-12,15H2,1-3,5H3/b17-7+,23-8+/t18-/m0/s1. The van der Waals surface area contributed by atoms with Crippen molar-refractivity contribution >= 4 is 34.4 Å². The number of likely N-dealkylation sites (tertiary alicyclic amines) is 1. The number of halogens is 2. The number of rotatable bonds is 9. The Hall–Kier alpha value is -3.40. The summed E-state index contributed by atoms with van der Waals surface area (Å²) in [6.07, 6.45) is 3.96. The van der Waals surface area contributed by atoms with E-state index in [4.69, 9.17) is 4.74 Å². The molecule has 0 aliphatic carbocycles. The lowest BCUT2D eigenvalue weighted by molar-refractivity contribution is 0.186. The molecule has 0 N–H and O–H groups in total. The molecule has 0 saturated carbocycles. The highest BCUT2D eigenvalue weighted by atomic mass is 19.1. The molecule has 192 valence electrons. The van der Waals surface area contributed by atoms with Crippen LogP contribution in [0.1, 0.15) is 45.2 Å². The molecule has 1 aliphatic heterocycles. The molecule has 1 fully saturated rings. The van der Waals surface area contributed by atoms with Gasteiger partial charge in [0.05, 0.1) is 12.1 Å². The number of nitrogens with zero attached hydrogens (tertiary/aromatic N) is 6. The van der Waals surface area contributed by atoms with Crippen LogP contribution >= 0.6 is 0 Å². The summed E-state index contributed by atoms with van der Waals surface area (Å²) in [7, 11) is 1.65. The Kier molecular flexibility index (Phi) is 7.63. The Morgan fingerprint density at radius 2 is 2.11 bits per heavy atom. The molecule has 0 amide bonds. The second-order valence-corrected chi connectivity index (χ2v) is 9.43. The SMILES string of the molecule is C=N/C(=C\C=C(/C)c1cc2c(cc1F)nnc1c2n(C(C)C)c(=O)n1C)OCCCN1CC[C@H](F)C1. The number of benzene rings is 1. The van der Waals surface area contributed by atoms with E-state index in [2.05, 4.69) is 26.8 Å². The van der Waals surface area contributed by atoms with Gasteiger partial charge in [0, 0.05) is 55.8 Å². The van der Waals surface area contributed by atoms with Gasteiger partial charge >= 0.3 is 5.69 Å². The molecule has 0 spiro atoms. The van der Waals surface area contributed by atoms with E-state index < -0.39 is 12.0 Å². The quantitative estimate of drug-likeness (QED) is 0.189. The number of hydrogen-bond donors (Lipinski definition) is 0. The van der Waals surface area contributed by atoms with Gasteiger partial charge in [-0.15, -0.1) is 10.2 Å². The van der Waals surface area contributed by atoms with Crippen LogP contribution in [0.5, 0.6) is 0 Å². The number of allylic oxidation sites excluding steroid dienone is 3. The molecule has 1 aromatic carbocycles. The Bertz CT molecular complexity index is 1410. The maximum absolute atomic E-state index is 15.0. The van der Waals surface area contributed by atoms with Gasteiger partial charge in [-0.25, -0.2) is 18.6 Å². The van der Waals surface area contributed by atoms with Crippen LogP contribution in [0.15, 0.2) is 40.0 Å². The van der Waals surface area contributed by atoms with Gasteiger partial charge in [-0.2, -0.15) is 0 Å². The number of aliphatic imine (C=N–C) groups is 1. The highest BCUT2D eigenvalue weighted by Gasteiger charge is 2.21. The average molecular weight is 499 g/mol. The normalized spacial score (nSPS) is 17.6. The second-order valence-electron chi connectivity index (χ2n) is 9.43. The molecule has 0 radical (unpaired) electrons. The first-order valence-corrected chi connectivity index (χ1v) is 12.1. The van der Waals surface area contributed by atoms with E-state index in [9.17, 15) is 9.18 Å². The second kappa shape index (κ2) is 10.7. The zero-order valence-electron chi connectivity index (χ0n) is 21.2. The highest BCUT2D eigenvalue weighted by molar-refractivity contribution is 6.02. The summed E-state index contributed by atoms with van der Waals surface area (Å²) in [5, 5.41) is 8.96. The lowest BCUT2D eigenvalue weighted by Gasteiger charge is -2.14. The molecule has 4 rings (SSSR count). The van der Waals surface area contributed by atoms with Gasteiger partial charge in [-0.05, 0) is 52.0 Å². The lowest BCUT2D eigenvalue weighted by Crippen LogP contribution is -2.23. The van der Waals surface area contributed by atoms with Gasteiger partial charge in [0.25, 0.3) is 0 Å². The van der Waals surface area contributed by atoms with Crippen molar-refractivity contribution in [2.75, 3.05) is 26.2 Å². The van der Waals surface area contributed by atoms with E-state index >= 15 is 4.39 Å². The van der Waals surface area contributed by atoms with Gasteiger partial charge in [0.2, 0.25) is 5.88 Å². The number of imidazole rings is 1. The van der Waals surface area contributed by atoms with Crippen LogP contribution in [-0.4, -0.2) is 63.4 Å². The molecule has 1 saturated heterocycles. The molecule has 36 heavy (non-hydrogen) atoms. The predicted octanol–water partition coefficient (Wildman–Crippen LogP) is 4.40. The van der Waals surface area contributed by atoms with Crippen molar-refractivity contribution < 1.29 is 13.5 Å². The molecule has 0 bridgehead atoms. The van der Waals surface area contributed by atoms with Crippen molar-refractivity contribution in [3.63, 3.8) is 0 Å². The van der Waals surface area contributed by atoms with Crippen molar-refractivity contribution in [3.8, 4) is 0 Å². The molecule has 1 atom stereocenters. The Balaban J connectivity index is 1.59. The van der Waals surface area contributed by atoms with E-state index in [1.807, 2.05) is 13.8 Å². The zero-order valence-corrected chi connectivity index (χ0v) is 21.2. The van der Waals surface area contributed by atoms with Crippen molar-refractivity contribution in [2.45, 2.75) is 45.8 Å². The predicted molar refractivity (Wildman–Crippen MR) is 138 cm³/mol. The Labute approximate surface area is 208 Å². The van der Waals surface area contributed by atoms with E-state index in [1.165, 1.54) is 10.6 Å². The molecular formula is C26H32F2N6O2. The number of aromatic nitrogens is 4. The minimum atomic E-state index is -0.734.